The highest BCUT2D eigenvalue weighted by Crippen LogP contribution is 2.29. The summed E-state index contributed by atoms with van der Waals surface area (Å²) >= 11 is 0. The molecule has 0 heterocycles. The van der Waals surface area contributed by atoms with Gasteiger partial charge in [0, 0.05) is 0 Å². The molecule has 0 spiro atoms. The van der Waals surface area contributed by atoms with E-state index in [2.05, 4.69) is 5.32 Å². The number of carboxylic acids is 1. The first kappa shape index (κ1) is 19.3. The maximum Gasteiger partial charge on any atom is 0.335 e. The zero-order valence-electron chi connectivity index (χ0n) is 15.3. The van der Waals surface area contributed by atoms with E-state index in [0.717, 1.165) is 5.56 Å². The lowest BCUT2D eigenvalue weighted by Crippen LogP contribution is -2.20. The van der Waals surface area contributed by atoms with Crippen molar-refractivity contribution in [1.29, 1.82) is 0 Å². The van der Waals surface area contributed by atoms with Crippen LogP contribution in [0, 0.1) is 0 Å². The number of nitrogens with one attached hydrogen (secondary N) is 1. The molecule has 0 saturated heterocycles. The average molecular weight is 357 g/mol. The predicted octanol–water partition coefficient (Wildman–Crippen LogP) is 3.92. The highest BCUT2D eigenvalue weighted by molar-refractivity contribution is 5.98. The van der Waals surface area contributed by atoms with Crippen molar-refractivity contribution < 1.29 is 24.2 Å². The van der Waals surface area contributed by atoms with Gasteiger partial charge in [-0.15, -0.1) is 0 Å². The van der Waals surface area contributed by atoms with Crippen LogP contribution in [0.3, 0.4) is 0 Å². The van der Waals surface area contributed by atoms with Crippen molar-refractivity contribution in [3.8, 4) is 11.5 Å². The van der Waals surface area contributed by atoms with Gasteiger partial charge in [0.15, 0.2) is 0 Å². The Morgan fingerprint density at radius 2 is 1.69 bits per heavy atom. The fourth-order valence-corrected chi connectivity index (χ4v) is 2.40. The molecule has 138 valence electrons. The summed E-state index contributed by atoms with van der Waals surface area (Å²) in [6.07, 6.45) is -0.111. The van der Waals surface area contributed by atoms with Crippen molar-refractivity contribution in [2.24, 2.45) is 0 Å². The molecular weight excluding hydrogens is 334 g/mol. The number of anilines is 1. The van der Waals surface area contributed by atoms with Crippen LogP contribution in [-0.2, 0) is 4.79 Å². The Kier molecular flexibility index (Phi) is 6.22. The molecule has 6 heteroatoms. The summed E-state index contributed by atoms with van der Waals surface area (Å²) in [5.74, 6) is -0.615. The normalized spacial score (nSPS) is 11.7. The van der Waals surface area contributed by atoms with E-state index in [9.17, 15) is 14.7 Å². The summed E-state index contributed by atoms with van der Waals surface area (Å²) in [6.45, 7) is 5.49. The molecule has 2 aromatic rings. The lowest BCUT2D eigenvalue weighted by atomic mass is 10.00. The van der Waals surface area contributed by atoms with Gasteiger partial charge in [0.2, 0.25) is 5.91 Å². The maximum absolute atomic E-state index is 12.6. The van der Waals surface area contributed by atoms with Gasteiger partial charge in [0.1, 0.15) is 11.5 Å². The van der Waals surface area contributed by atoms with E-state index in [1.165, 1.54) is 12.1 Å². The van der Waals surface area contributed by atoms with E-state index in [0.29, 0.717) is 17.2 Å². The summed E-state index contributed by atoms with van der Waals surface area (Å²) in [7, 11) is 1.58. The van der Waals surface area contributed by atoms with Gasteiger partial charge in [0.05, 0.1) is 30.4 Å². The summed E-state index contributed by atoms with van der Waals surface area (Å²) in [4.78, 5) is 23.9. The highest BCUT2D eigenvalue weighted by Gasteiger charge is 2.19. The largest absolute Gasteiger partial charge is 0.497 e. The van der Waals surface area contributed by atoms with Crippen molar-refractivity contribution >= 4 is 17.6 Å². The minimum Gasteiger partial charge on any atom is -0.497 e. The molecular formula is C20H23NO5. The average Bonchev–Trinajstić information content (AvgIpc) is 2.62. The lowest BCUT2D eigenvalue weighted by Gasteiger charge is -2.18. The second-order valence-electron chi connectivity index (χ2n) is 6.17. The van der Waals surface area contributed by atoms with Crippen LogP contribution < -0.4 is 14.8 Å². The third kappa shape index (κ3) is 4.75. The third-order valence-corrected chi connectivity index (χ3v) is 3.86. The number of hydrogen-bond donors (Lipinski definition) is 2. The number of rotatable bonds is 7. The number of carbonyl (C=O) groups excluding carboxylic acids is 1. The van der Waals surface area contributed by atoms with Gasteiger partial charge in [-0.3, -0.25) is 4.79 Å². The SMILES string of the molecule is COc1ccc(C(C)C(=O)Nc2cc(C(=O)O)ccc2OC(C)C)cc1. The number of ether oxygens (including phenoxy) is 2. The van der Waals surface area contributed by atoms with Crippen molar-refractivity contribution in [1.82, 2.24) is 0 Å². The van der Waals surface area contributed by atoms with Crippen LogP contribution in [0.25, 0.3) is 0 Å². The lowest BCUT2D eigenvalue weighted by molar-refractivity contribution is -0.117. The van der Waals surface area contributed by atoms with Gasteiger partial charge in [-0.25, -0.2) is 4.79 Å². The van der Waals surface area contributed by atoms with Crippen molar-refractivity contribution in [2.75, 3.05) is 12.4 Å². The Morgan fingerprint density at radius 3 is 2.23 bits per heavy atom. The van der Waals surface area contributed by atoms with E-state index in [1.807, 2.05) is 26.0 Å². The van der Waals surface area contributed by atoms with Gasteiger partial charge >= 0.3 is 5.97 Å². The molecule has 6 nitrogen and oxygen atoms in total. The smallest absolute Gasteiger partial charge is 0.335 e. The molecule has 1 unspecified atom stereocenters. The first-order valence-electron chi connectivity index (χ1n) is 8.30. The molecule has 0 saturated carbocycles. The number of carboxylic acid groups (broad SMARTS) is 1. The third-order valence-electron chi connectivity index (χ3n) is 3.86. The van der Waals surface area contributed by atoms with Gasteiger partial charge < -0.3 is 19.9 Å². The first-order valence-corrected chi connectivity index (χ1v) is 8.30. The first-order chi connectivity index (χ1) is 12.3. The molecule has 0 aliphatic rings. The van der Waals surface area contributed by atoms with Crippen LogP contribution in [0.15, 0.2) is 42.5 Å². The fourth-order valence-electron chi connectivity index (χ4n) is 2.40. The van der Waals surface area contributed by atoms with Crippen LogP contribution in [0.1, 0.15) is 42.6 Å². The zero-order chi connectivity index (χ0) is 19.3. The predicted molar refractivity (Wildman–Crippen MR) is 99.2 cm³/mol. The Bertz CT molecular complexity index is 783. The second-order valence-corrected chi connectivity index (χ2v) is 6.17. The van der Waals surface area contributed by atoms with Crippen LogP contribution in [0.2, 0.25) is 0 Å². The molecule has 1 atom stereocenters. The topological polar surface area (TPSA) is 84.9 Å². The summed E-state index contributed by atoms with van der Waals surface area (Å²) in [5, 5.41) is 12.0. The Labute approximate surface area is 152 Å². The van der Waals surface area contributed by atoms with Gasteiger partial charge in [-0.2, -0.15) is 0 Å². The molecule has 0 bridgehead atoms. The van der Waals surface area contributed by atoms with Gasteiger partial charge in [-0.05, 0) is 56.7 Å². The van der Waals surface area contributed by atoms with Crippen molar-refractivity contribution in [3.63, 3.8) is 0 Å². The maximum atomic E-state index is 12.6. The number of amides is 1. The zero-order valence-corrected chi connectivity index (χ0v) is 15.3. The molecule has 0 fully saturated rings. The monoisotopic (exact) mass is 357 g/mol. The van der Waals surface area contributed by atoms with Gasteiger partial charge in [0.25, 0.3) is 0 Å². The number of benzene rings is 2. The molecule has 0 radical (unpaired) electrons. The van der Waals surface area contributed by atoms with E-state index in [-0.39, 0.29) is 17.6 Å². The van der Waals surface area contributed by atoms with Crippen molar-refractivity contribution in [2.45, 2.75) is 32.8 Å². The summed E-state index contributed by atoms with van der Waals surface area (Å²) < 4.78 is 10.8. The quantitative estimate of drug-likeness (QED) is 0.784. The second kappa shape index (κ2) is 8.38. The van der Waals surface area contributed by atoms with Crippen molar-refractivity contribution in [3.05, 3.63) is 53.6 Å². The van der Waals surface area contributed by atoms with Crippen LogP contribution in [0.5, 0.6) is 11.5 Å². The molecule has 26 heavy (non-hydrogen) atoms. The standard InChI is InChI=1S/C20H23NO5/c1-12(2)26-18-10-7-15(20(23)24)11-17(18)21-19(22)13(3)14-5-8-16(25-4)9-6-14/h5-13H,1-4H3,(H,21,22)(H,23,24). The van der Waals surface area contributed by atoms with Crippen LogP contribution in [0.4, 0.5) is 5.69 Å². The number of methoxy groups -OCH3 is 1. The minimum absolute atomic E-state index is 0.0773. The number of carbonyl (C=O) groups is 2. The Morgan fingerprint density at radius 1 is 1.04 bits per heavy atom. The van der Waals surface area contributed by atoms with E-state index in [1.54, 1.807) is 32.2 Å². The summed E-state index contributed by atoms with van der Waals surface area (Å²) in [6, 6.07) is 11.6. The molecule has 1 amide bonds. The summed E-state index contributed by atoms with van der Waals surface area (Å²) in [5.41, 5.74) is 1.24. The van der Waals surface area contributed by atoms with Gasteiger partial charge in [-0.1, -0.05) is 12.1 Å². The molecule has 0 aromatic heterocycles. The molecule has 2 N–H and O–H groups in total. The highest BCUT2D eigenvalue weighted by atomic mass is 16.5. The number of aromatic carboxylic acids is 1. The van der Waals surface area contributed by atoms with E-state index in [4.69, 9.17) is 9.47 Å². The van der Waals surface area contributed by atoms with E-state index < -0.39 is 11.9 Å². The number of hydrogen-bond acceptors (Lipinski definition) is 4. The molecule has 0 aliphatic carbocycles. The fraction of sp³-hybridized carbons (Fsp3) is 0.300. The molecule has 2 aromatic carbocycles. The minimum atomic E-state index is -1.07. The Hall–Kier alpha value is -3.02. The Balaban J connectivity index is 2.24. The van der Waals surface area contributed by atoms with Crippen LogP contribution in [-0.4, -0.2) is 30.2 Å². The van der Waals surface area contributed by atoms with Crippen LogP contribution >= 0.6 is 0 Å². The van der Waals surface area contributed by atoms with E-state index >= 15 is 0 Å². The molecule has 2 rings (SSSR count). The molecule has 0 aliphatic heterocycles.